The van der Waals surface area contributed by atoms with Crippen molar-refractivity contribution in [1.82, 2.24) is 9.88 Å². The first-order chi connectivity index (χ1) is 14.0. The number of thiazole rings is 1. The number of anilines is 1. The molecule has 0 unspecified atom stereocenters. The molecule has 160 valence electrons. The Labute approximate surface area is 193 Å². The van der Waals surface area contributed by atoms with Gasteiger partial charge in [-0.05, 0) is 94.2 Å². The minimum absolute atomic E-state index is 0. The van der Waals surface area contributed by atoms with Gasteiger partial charge in [-0.15, -0.1) is 0 Å². The summed E-state index contributed by atoms with van der Waals surface area (Å²) in [6.45, 7) is 1.56. The number of fused-ring (bicyclic) bond motifs is 2. The molecule has 0 bridgehead atoms. The SMILES string of the molecule is CN(C)CCCN(C(=O)c1ccc2c(c1)CCCC2)c1nc2ccc(Cl)cc2s1.[Cl-]. The molecule has 0 fully saturated rings. The molecule has 0 radical (unpaired) electrons. The van der Waals surface area contributed by atoms with E-state index in [9.17, 15) is 4.79 Å². The van der Waals surface area contributed by atoms with Crippen molar-refractivity contribution in [2.45, 2.75) is 32.1 Å². The van der Waals surface area contributed by atoms with E-state index < -0.39 is 0 Å². The van der Waals surface area contributed by atoms with Crippen molar-refractivity contribution in [2.75, 3.05) is 32.1 Å². The van der Waals surface area contributed by atoms with Crippen molar-refractivity contribution in [3.63, 3.8) is 0 Å². The van der Waals surface area contributed by atoms with Gasteiger partial charge in [0.15, 0.2) is 5.13 Å². The second-order valence-corrected chi connectivity index (χ2v) is 9.36. The van der Waals surface area contributed by atoms with E-state index >= 15 is 0 Å². The first-order valence-electron chi connectivity index (χ1n) is 10.2. The van der Waals surface area contributed by atoms with Crippen LogP contribution in [-0.2, 0) is 12.8 Å². The second-order valence-electron chi connectivity index (χ2n) is 7.91. The Morgan fingerprint density at radius 1 is 1.07 bits per heavy atom. The average molecular weight is 463 g/mol. The molecule has 1 aliphatic carbocycles. The highest BCUT2D eigenvalue weighted by Crippen LogP contribution is 2.32. The Morgan fingerprint density at radius 2 is 1.83 bits per heavy atom. The lowest BCUT2D eigenvalue weighted by atomic mass is 9.90. The monoisotopic (exact) mass is 462 g/mol. The molecule has 0 spiro atoms. The van der Waals surface area contributed by atoms with E-state index in [0.29, 0.717) is 11.6 Å². The summed E-state index contributed by atoms with van der Waals surface area (Å²) in [4.78, 5) is 22.2. The molecule has 4 nitrogen and oxygen atoms in total. The third-order valence-electron chi connectivity index (χ3n) is 5.40. The van der Waals surface area contributed by atoms with Crippen LogP contribution in [0.1, 0.15) is 40.7 Å². The van der Waals surface area contributed by atoms with Crippen LogP contribution in [0.2, 0.25) is 5.02 Å². The summed E-state index contributed by atoms with van der Waals surface area (Å²) in [6, 6.07) is 11.9. The molecule has 1 heterocycles. The van der Waals surface area contributed by atoms with E-state index in [-0.39, 0.29) is 18.3 Å². The molecule has 0 atom stereocenters. The molecule has 1 aromatic heterocycles. The van der Waals surface area contributed by atoms with Crippen molar-refractivity contribution in [1.29, 1.82) is 0 Å². The summed E-state index contributed by atoms with van der Waals surface area (Å²) in [6.07, 6.45) is 5.52. The molecule has 1 amide bonds. The molecule has 30 heavy (non-hydrogen) atoms. The largest absolute Gasteiger partial charge is 1.00 e. The van der Waals surface area contributed by atoms with E-state index in [1.165, 1.54) is 35.3 Å². The molecule has 0 saturated heterocycles. The average Bonchev–Trinajstić information content (AvgIpc) is 3.13. The summed E-state index contributed by atoms with van der Waals surface area (Å²) in [5.41, 5.74) is 4.35. The summed E-state index contributed by atoms with van der Waals surface area (Å²) in [5, 5.41) is 1.43. The zero-order valence-electron chi connectivity index (χ0n) is 17.3. The number of benzene rings is 2. The Balaban J connectivity index is 0.00000256. The number of hydrogen-bond acceptors (Lipinski definition) is 4. The molecule has 1 aliphatic rings. The van der Waals surface area contributed by atoms with Gasteiger partial charge in [-0.3, -0.25) is 9.69 Å². The Hall–Kier alpha value is -1.66. The van der Waals surface area contributed by atoms with Gasteiger partial charge >= 0.3 is 0 Å². The maximum absolute atomic E-state index is 13.5. The number of nitrogens with zero attached hydrogens (tertiary/aromatic N) is 3. The Kier molecular flexibility index (Phi) is 7.75. The van der Waals surface area contributed by atoms with Crippen molar-refractivity contribution in [2.24, 2.45) is 0 Å². The van der Waals surface area contributed by atoms with Crippen LogP contribution < -0.4 is 17.3 Å². The van der Waals surface area contributed by atoms with Gasteiger partial charge in [-0.25, -0.2) is 4.98 Å². The second kappa shape index (κ2) is 10.1. The van der Waals surface area contributed by atoms with Crippen LogP contribution in [0, 0.1) is 0 Å². The van der Waals surface area contributed by atoms with E-state index in [1.54, 1.807) is 0 Å². The van der Waals surface area contributed by atoms with Gasteiger partial charge < -0.3 is 17.3 Å². The lowest BCUT2D eigenvalue weighted by Gasteiger charge is -2.22. The highest BCUT2D eigenvalue weighted by Gasteiger charge is 2.22. The topological polar surface area (TPSA) is 36.4 Å². The van der Waals surface area contributed by atoms with E-state index in [1.807, 2.05) is 29.2 Å². The number of amides is 1. The van der Waals surface area contributed by atoms with E-state index in [2.05, 4.69) is 31.1 Å². The van der Waals surface area contributed by atoms with Crippen LogP contribution in [0.3, 0.4) is 0 Å². The minimum Gasteiger partial charge on any atom is -1.00 e. The fourth-order valence-corrected chi connectivity index (χ4v) is 5.12. The third-order valence-corrected chi connectivity index (χ3v) is 6.67. The van der Waals surface area contributed by atoms with Gasteiger partial charge in [0.05, 0.1) is 10.2 Å². The quantitative estimate of drug-likeness (QED) is 0.564. The summed E-state index contributed by atoms with van der Waals surface area (Å²) >= 11 is 7.67. The van der Waals surface area contributed by atoms with Gasteiger partial charge in [-0.1, -0.05) is 29.0 Å². The standard InChI is InChI=1S/C23H26ClN3OS.ClH/c1-26(2)12-5-13-27(23-25-20-11-10-19(24)15-21(20)29-23)22(28)18-9-8-16-6-3-4-7-17(16)14-18;/h8-11,14-15H,3-7,12-13H2,1-2H3;1H/p-1. The highest BCUT2D eigenvalue weighted by molar-refractivity contribution is 7.22. The Bertz CT molecular complexity index is 1030. The number of aryl methyl sites for hydroxylation is 2. The number of halogens is 2. The van der Waals surface area contributed by atoms with Crippen LogP contribution in [-0.4, -0.2) is 43.0 Å². The maximum atomic E-state index is 13.5. The molecule has 0 N–H and O–H groups in total. The van der Waals surface area contributed by atoms with Crippen molar-refractivity contribution >= 4 is 44.2 Å². The first kappa shape index (κ1) is 23.0. The van der Waals surface area contributed by atoms with Gasteiger partial charge in [-0.2, -0.15) is 0 Å². The number of hydrogen-bond donors (Lipinski definition) is 0. The van der Waals surface area contributed by atoms with Crippen LogP contribution in [0.25, 0.3) is 10.2 Å². The molecule has 4 rings (SSSR count). The number of carbonyl (C=O) groups excluding carboxylic acids is 1. The fraction of sp³-hybridized carbons (Fsp3) is 0.391. The predicted molar refractivity (Wildman–Crippen MR) is 123 cm³/mol. The lowest BCUT2D eigenvalue weighted by molar-refractivity contribution is -0.0000134. The van der Waals surface area contributed by atoms with Gasteiger partial charge in [0.25, 0.3) is 5.91 Å². The van der Waals surface area contributed by atoms with Crippen LogP contribution in [0.4, 0.5) is 5.13 Å². The Morgan fingerprint density at radius 3 is 2.60 bits per heavy atom. The normalized spacial score (nSPS) is 13.2. The number of carbonyl (C=O) groups is 1. The predicted octanol–water partition coefficient (Wildman–Crippen LogP) is 2.43. The lowest BCUT2D eigenvalue weighted by Crippen LogP contribution is -3.00. The molecule has 7 heteroatoms. The highest BCUT2D eigenvalue weighted by atomic mass is 35.5. The van der Waals surface area contributed by atoms with E-state index in [4.69, 9.17) is 16.6 Å². The first-order valence-corrected chi connectivity index (χ1v) is 11.4. The zero-order chi connectivity index (χ0) is 20.4. The third kappa shape index (κ3) is 5.14. The molecule has 0 aliphatic heterocycles. The zero-order valence-corrected chi connectivity index (χ0v) is 19.7. The van der Waals surface area contributed by atoms with Crippen molar-refractivity contribution in [3.05, 3.63) is 58.1 Å². The van der Waals surface area contributed by atoms with E-state index in [0.717, 1.165) is 46.7 Å². The summed E-state index contributed by atoms with van der Waals surface area (Å²) < 4.78 is 1.00. The summed E-state index contributed by atoms with van der Waals surface area (Å²) in [7, 11) is 4.10. The number of aromatic nitrogens is 1. The maximum Gasteiger partial charge on any atom is 0.260 e. The molecular formula is C23H26Cl2N3OS-. The fourth-order valence-electron chi connectivity index (χ4n) is 3.85. The van der Waals surface area contributed by atoms with Crippen molar-refractivity contribution < 1.29 is 17.2 Å². The van der Waals surface area contributed by atoms with Crippen molar-refractivity contribution in [3.8, 4) is 0 Å². The smallest absolute Gasteiger partial charge is 0.260 e. The van der Waals surface area contributed by atoms with Crippen LogP contribution in [0.5, 0.6) is 0 Å². The molecule has 0 saturated carbocycles. The molecular weight excluding hydrogens is 437 g/mol. The number of rotatable bonds is 6. The van der Waals surface area contributed by atoms with Crippen LogP contribution in [0.15, 0.2) is 36.4 Å². The van der Waals surface area contributed by atoms with Gasteiger partial charge in [0.2, 0.25) is 0 Å². The van der Waals surface area contributed by atoms with Gasteiger partial charge in [0.1, 0.15) is 0 Å². The minimum atomic E-state index is 0. The molecule has 2 aromatic carbocycles. The van der Waals surface area contributed by atoms with Gasteiger partial charge in [0, 0.05) is 17.1 Å². The van der Waals surface area contributed by atoms with Crippen LogP contribution >= 0.6 is 22.9 Å². The molecule has 3 aromatic rings. The summed E-state index contributed by atoms with van der Waals surface area (Å²) in [5.74, 6) is 0.0299.